The van der Waals surface area contributed by atoms with Crippen LogP contribution in [0, 0.1) is 0 Å². The third-order valence-corrected chi connectivity index (χ3v) is 3.80. The normalized spacial score (nSPS) is 18.4. The van der Waals surface area contributed by atoms with E-state index >= 15 is 0 Å². The molecule has 1 fully saturated rings. The quantitative estimate of drug-likeness (QED) is 0.830. The number of benzene rings is 1. The standard InChI is InChI=1S/C15H24N4O2/c1-17(2)13-6-4-12(5-7-13)14(15(20)21)16-19-10-8-18(3)9-11-19/h4-7,14,16H,8-11H2,1-3H3,(H,20,21). The first-order valence-corrected chi connectivity index (χ1v) is 7.17. The van der Waals surface area contributed by atoms with Gasteiger partial charge < -0.3 is 14.9 Å². The fourth-order valence-electron chi connectivity index (χ4n) is 2.36. The summed E-state index contributed by atoms with van der Waals surface area (Å²) in [6, 6.07) is 6.92. The number of likely N-dealkylation sites (N-methyl/N-ethyl adjacent to an activating group) is 1. The molecular formula is C15H24N4O2. The highest BCUT2D eigenvalue weighted by Crippen LogP contribution is 2.19. The lowest BCUT2D eigenvalue weighted by Gasteiger charge is -2.34. The molecule has 0 spiro atoms. The minimum Gasteiger partial charge on any atom is -0.480 e. The number of nitrogens with zero attached hydrogens (tertiary/aromatic N) is 3. The summed E-state index contributed by atoms with van der Waals surface area (Å²) in [5.41, 5.74) is 4.96. The van der Waals surface area contributed by atoms with Crippen LogP contribution in [0.1, 0.15) is 11.6 Å². The molecule has 1 aromatic carbocycles. The van der Waals surface area contributed by atoms with Crippen molar-refractivity contribution < 1.29 is 9.90 Å². The van der Waals surface area contributed by atoms with Crippen LogP contribution in [0.2, 0.25) is 0 Å². The van der Waals surface area contributed by atoms with Crippen LogP contribution in [0.3, 0.4) is 0 Å². The van der Waals surface area contributed by atoms with Gasteiger partial charge in [0.1, 0.15) is 6.04 Å². The molecular weight excluding hydrogens is 268 g/mol. The van der Waals surface area contributed by atoms with Crippen molar-refractivity contribution in [2.24, 2.45) is 0 Å². The van der Waals surface area contributed by atoms with Gasteiger partial charge in [0.2, 0.25) is 0 Å². The van der Waals surface area contributed by atoms with Crippen LogP contribution in [0.25, 0.3) is 0 Å². The topological polar surface area (TPSA) is 59.1 Å². The van der Waals surface area contributed by atoms with Gasteiger partial charge in [-0.3, -0.25) is 4.79 Å². The number of anilines is 1. The van der Waals surface area contributed by atoms with Crippen molar-refractivity contribution in [3.05, 3.63) is 29.8 Å². The highest BCUT2D eigenvalue weighted by atomic mass is 16.4. The van der Waals surface area contributed by atoms with Gasteiger partial charge in [0, 0.05) is 46.0 Å². The number of hydrazine groups is 1. The molecule has 21 heavy (non-hydrogen) atoms. The van der Waals surface area contributed by atoms with Gasteiger partial charge >= 0.3 is 5.97 Å². The Hall–Kier alpha value is -1.63. The van der Waals surface area contributed by atoms with E-state index in [1.807, 2.05) is 48.3 Å². The van der Waals surface area contributed by atoms with Crippen LogP contribution in [0.5, 0.6) is 0 Å². The molecule has 0 amide bonds. The number of carboxylic acids is 1. The van der Waals surface area contributed by atoms with Gasteiger partial charge in [-0.2, -0.15) is 0 Å². The van der Waals surface area contributed by atoms with E-state index < -0.39 is 12.0 Å². The van der Waals surface area contributed by atoms with Crippen LogP contribution in [-0.4, -0.2) is 68.3 Å². The summed E-state index contributed by atoms with van der Waals surface area (Å²) < 4.78 is 0. The Balaban J connectivity index is 2.06. The average molecular weight is 292 g/mol. The zero-order valence-corrected chi connectivity index (χ0v) is 12.9. The lowest BCUT2D eigenvalue weighted by molar-refractivity contribution is -0.141. The molecule has 1 aliphatic heterocycles. The Labute approximate surface area is 125 Å². The highest BCUT2D eigenvalue weighted by molar-refractivity contribution is 5.75. The van der Waals surface area contributed by atoms with Gasteiger partial charge in [0.25, 0.3) is 0 Å². The SMILES string of the molecule is CN1CCN(NC(C(=O)O)c2ccc(N(C)C)cc2)CC1. The van der Waals surface area contributed by atoms with Crippen molar-refractivity contribution >= 4 is 11.7 Å². The second kappa shape index (κ2) is 6.89. The van der Waals surface area contributed by atoms with Crippen molar-refractivity contribution in [3.63, 3.8) is 0 Å². The lowest BCUT2D eigenvalue weighted by Crippen LogP contribution is -2.52. The summed E-state index contributed by atoms with van der Waals surface area (Å²) in [6.07, 6.45) is 0. The molecule has 6 heteroatoms. The fourth-order valence-corrected chi connectivity index (χ4v) is 2.36. The molecule has 2 rings (SSSR count). The van der Waals surface area contributed by atoms with Crippen LogP contribution in [0.4, 0.5) is 5.69 Å². The maximum absolute atomic E-state index is 11.5. The number of piperazine rings is 1. The number of carbonyl (C=O) groups is 1. The van der Waals surface area contributed by atoms with Crippen molar-refractivity contribution in [2.75, 3.05) is 52.2 Å². The first-order chi connectivity index (χ1) is 9.97. The van der Waals surface area contributed by atoms with E-state index in [1.165, 1.54) is 0 Å². The lowest BCUT2D eigenvalue weighted by atomic mass is 10.1. The molecule has 2 N–H and O–H groups in total. The molecule has 6 nitrogen and oxygen atoms in total. The molecule has 0 saturated carbocycles. The Morgan fingerprint density at radius 2 is 1.76 bits per heavy atom. The molecule has 0 bridgehead atoms. The first-order valence-electron chi connectivity index (χ1n) is 7.17. The summed E-state index contributed by atoms with van der Waals surface area (Å²) in [6.45, 7) is 3.55. The van der Waals surface area contributed by atoms with E-state index in [0.29, 0.717) is 0 Å². The molecule has 0 aliphatic carbocycles. The van der Waals surface area contributed by atoms with Crippen LogP contribution in [0.15, 0.2) is 24.3 Å². The van der Waals surface area contributed by atoms with E-state index in [2.05, 4.69) is 17.4 Å². The third kappa shape index (κ3) is 4.17. The maximum Gasteiger partial charge on any atom is 0.326 e. The van der Waals surface area contributed by atoms with Crippen LogP contribution in [-0.2, 0) is 4.79 Å². The molecule has 1 saturated heterocycles. The fraction of sp³-hybridized carbons (Fsp3) is 0.533. The molecule has 0 aromatic heterocycles. The summed E-state index contributed by atoms with van der Waals surface area (Å²) in [7, 11) is 6.00. The van der Waals surface area contributed by atoms with E-state index in [9.17, 15) is 9.90 Å². The second-order valence-electron chi connectivity index (χ2n) is 5.68. The van der Waals surface area contributed by atoms with E-state index in [4.69, 9.17) is 0 Å². The summed E-state index contributed by atoms with van der Waals surface area (Å²) in [4.78, 5) is 15.8. The number of aliphatic carboxylic acids is 1. The minimum absolute atomic E-state index is 0.704. The first kappa shape index (κ1) is 15.8. The number of nitrogens with one attached hydrogen (secondary N) is 1. The van der Waals surface area contributed by atoms with Crippen LogP contribution < -0.4 is 10.3 Å². The van der Waals surface area contributed by atoms with E-state index in [-0.39, 0.29) is 0 Å². The third-order valence-electron chi connectivity index (χ3n) is 3.80. The van der Waals surface area contributed by atoms with Gasteiger partial charge in [-0.1, -0.05) is 12.1 Å². The molecule has 0 radical (unpaired) electrons. The number of carboxylic acid groups (broad SMARTS) is 1. The van der Waals surface area contributed by atoms with Gasteiger partial charge in [-0.25, -0.2) is 10.4 Å². The average Bonchev–Trinajstić information content (AvgIpc) is 2.46. The molecule has 1 unspecified atom stereocenters. The summed E-state index contributed by atoms with van der Waals surface area (Å²) in [5.74, 6) is -0.855. The number of hydrogen-bond acceptors (Lipinski definition) is 5. The zero-order chi connectivity index (χ0) is 15.4. The van der Waals surface area contributed by atoms with Crippen LogP contribution >= 0.6 is 0 Å². The van der Waals surface area contributed by atoms with E-state index in [1.54, 1.807) is 0 Å². The number of rotatable bonds is 5. The van der Waals surface area contributed by atoms with E-state index in [0.717, 1.165) is 37.4 Å². The Morgan fingerprint density at radius 1 is 1.19 bits per heavy atom. The van der Waals surface area contributed by atoms with Crippen molar-refractivity contribution in [1.82, 2.24) is 15.3 Å². The highest BCUT2D eigenvalue weighted by Gasteiger charge is 2.24. The minimum atomic E-state index is -0.855. The smallest absolute Gasteiger partial charge is 0.326 e. The summed E-state index contributed by atoms with van der Waals surface area (Å²) >= 11 is 0. The van der Waals surface area contributed by atoms with Gasteiger partial charge in [-0.15, -0.1) is 0 Å². The van der Waals surface area contributed by atoms with Crippen molar-refractivity contribution in [1.29, 1.82) is 0 Å². The number of hydrogen-bond donors (Lipinski definition) is 2. The maximum atomic E-state index is 11.5. The molecule has 1 atom stereocenters. The van der Waals surface area contributed by atoms with Gasteiger partial charge in [-0.05, 0) is 24.7 Å². The predicted molar refractivity (Wildman–Crippen MR) is 83.4 cm³/mol. The monoisotopic (exact) mass is 292 g/mol. The van der Waals surface area contributed by atoms with Gasteiger partial charge in [0.15, 0.2) is 0 Å². The largest absolute Gasteiger partial charge is 0.480 e. The Kier molecular flexibility index (Phi) is 5.17. The Morgan fingerprint density at radius 3 is 2.24 bits per heavy atom. The molecule has 116 valence electrons. The predicted octanol–water partition coefficient (Wildman–Crippen LogP) is 0.630. The van der Waals surface area contributed by atoms with Crippen molar-refractivity contribution in [2.45, 2.75) is 6.04 Å². The zero-order valence-electron chi connectivity index (χ0n) is 12.9. The second-order valence-corrected chi connectivity index (χ2v) is 5.68. The molecule has 1 aliphatic rings. The Bertz CT molecular complexity index is 467. The molecule has 1 heterocycles. The van der Waals surface area contributed by atoms with Crippen molar-refractivity contribution in [3.8, 4) is 0 Å². The summed E-state index contributed by atoms with van der Waals surface area (Å²) in [5, 5.41) is 11.5. The molecule has 1 aromatic rings. The van der Waals surface area contributed by atoms with Gasteiger partial charge in [0.05, 0.1) is 0 Å².